The van der Waals surface area contributed by atoms with Gasteiger partial charge in [0, 0.05) is 4.47 Å². The Morgan fingerprint density at radius 2 is 1.93 bits per heavy atom. The molecule has 1 aromatic carbocycles. The first kappa shape index (κ1) is 11.3. The van der Waals surface area contributed by atoms with Crippen molar-refractivity contribution in [3.8, 4) is 5.75 Å². The molecule has 1 aliphatic rings. The first-order valence-electron chi connectivity index (χ1n) is 5.38. The van der Waals surface area contributed by atoms with Crippen LogP contribution in [0.2, 0.25) is 5.02 Å². The van der Waals surface area contributed by atoms with E-state index in [0.29, 0.717) is 11.1 Å². The molecule has 3 heteroatoms. The average Bonchev–Trinajstić information content (AvgIpc) is 2.26. The average molecular weight is 290 g/mol. The maximum atomic E-state index is 6.14. The van der Waals surface area contributed by atoms with Crippen molar-refractivity contribution in [1.82, 2.24) is 0 Å². The molecule has 1 saturated carbocycles. The maximum Gasteiger partial charge on any atom is 0.139 e. The van der Waals surface area contributed by atoms with Gasteiger partial charge in [0.15, 0.2) is 0 Å². The highest BCUT2D eigenvalue weighted by molar-refractivity contribution is 9.10. The van der Waals surface area contributed by atoms with Crippen LogP contribution in [-0.4, -0.2) is 6.10 Å². The summed E-state index contributed by atoms with van der Waals surface area (Å²) in [7, 11) is 0. The summed E-state index contributed by atoms with van der Waals surface area (Å²) in [5.74, 6) is 0.804. The first-order chi connectivity index (χ1) is 7.27. The lowest BCUT2D eigenvalue weighted by Gasteiger charge is -2.23. The zero-order valence-electron chi connectivity index (χ0n) is 8.51. The summed E-state index contributed by atoms with van der Waals surface area (Å²) in [5.41, 5.74) is 0. The van der Waals surface area contributed by atoms with E-state index < -0.39 is 0 Å². The van der Waals surface area contributed by atoms with Gasteiger partial charge >= 0.3 is 0 Å². The molecular weight excluding hydrogens is 275 g/mol. The van der Waals surface area contributed by atoms with Crippen LogP contribution in [0.15, 0.2) is 22.7 Å². The Labute approximate surface area is 104 Å². The van der Waals surface area contributed by atoms with Crippen molar-refractivity contribution in [2.75, 3.05) is 0 Å². The topological polar surface area (TPSA) is 9.23 Å². The minimum atomic E-state index is 0.352. The summed E-state index contributed by atoms with van der Waals surface area (Å²) in [6.45, 7) is 0. The van der Waals surface area contributed by atoms with Crippen molar-refractivity contribution in [1.29, 1.82) is 0 Å². The van der Waals surface area contributed by atoms with Crippen molar-refractivity contribution in [3.05, 3.63) is 27.7 Å². The third-order valence-electron chi connectivity index (χ3n) is 2.76. The highest BCUT2D eigenvalue weighted by atomic mass is 79.9. The van der Waals surface area contributed by atoms with Crippen LogP contribution >= 0.6 is 27.5 Å². The van der Waals surface area contributed by atoms with Crippen LogP contribution < -0.4 is 4.74 Å². The van der Waals surface area contributed by atoms with Crippen LogP contribution in [0.5, 0.6) is 5.75 Å². The normalized spacial score (nSPS) is 17.7. The largest absolute Gasteiger partial charge is 0.489 e. The number of halogens is 2. The first-order valence-corrected chi connectivity index (χ1v) is 6.55. The van der Waals surface area contributed by atoms with E-state index in [1.54, 1.807) is 0 Å². The van der Waals surface area contributed by atoms with Crippen LogP contribution in [0.25, 0.3) is 0 Å². The number of benzene rings is 1. The molecule has 1 nitrogen and oxygen atoms in total. The molecule has 0 radical (unpaired) electrons. The molecule has 0 aliphatic heterocycles. The van der Waals surface area contributed by atoms with Gasteiger partial charge < -0.3 is 4.74 Å². The van der Waals surface area contributed by atoms with Crippen LogP contribution in [0, 0.1) is 0 Å². The fraction of sp³-hybridized carbons (Fsp3) is 0.500. The van der Waals surface area contributed by atoms with E-state index in [1.165, 1.54) is 19.3 Å². The van der Waals surface area contributed by atoms with E-state index in [-0.39, 0.29) is 0 Å². The van der Waals surface area contributed by atoms with E-state index in [0.717, 1.165) is 23.1 Å². The van der Waals surface area contributed by atoms with Gasteiger partial charge in [0.05, 0.1) is 11.1 Å². The summed E-state index contributed by atoms with van der Waals surface area (Å²) in [4.78, 5) is 0. The standard InChI is InChI=1S/C12H14BrClO/c13-10-7-4-8-11(12(10)14)15-9-5-2-1-3-6-9/h4,7-9H,1-3,5-6H2. The molecule has 1 aromatic rings. The Kier molecular flexibility index (Phi) is 3.92. The van der Waals surface area contributed by atoms with E-state index in [9.17, 15) is 0 Å². The summed E-state index contributed by atoms with van der Waals surface area (Å²) in [5, 5.41) is 0.683. The second-order valence-electron chi connectivity index (χ2n) is 3.93. The molecule has 0 bridgehead atoms. The van der Waals surface area contributed by atoms with Gasteiger partial charge in [0.1, 0.15) is 5.75 Å². The van der Waals surface area contributed by atoms with Gasteiger partial charge in [-0.25, -0.2) is 0 Å². The van der Waals surface area contributed by atoms with E-state index in [2.05, 4.69) is 15.9 Å². The van der Waals surface area contributed by atoms with Crippen LogP contribution in [0.3, 0.4) is 0 Å². The van der Waals surface area contributed by atoms with Crippen molar-refractivity contribution >= 4 is 27.5 Å². The molecule has 2 rings (SSSR count). The molecule has 1 aliphatic carbocycles. The zero-order valence-corrected chi connectivity index (χ0v) is 10.9. The van der Waals surface area contributed by atoms with E-state index >= 15 is 0 Å². The Morgan fingerprint density at radius 3 is 2.67 bits per heavy atom. The number of hydrogen-bond donors (Lipinski definition) is 0. The Hall–Kier alpha value is -0.210. The van der Waals surface area contributed by atoms with Crippen molar-refractivity contribution in [2.24, 2.45) is 0 Å². The molecule has 1 fully saturated rings. The van der Waals surface area contributed by atoms with Gasteiger partial charge in [0.2, 0.25) is 0 Å². The SMILES string of the molecule is Clc1c(Br)cccc1OC1CCCCC1. The highest BCUT2D eigenvalue weighted by Crippen LogP contribution is 2.34. The zero-order chi connectivity index (χ0) is 10.7. The fourth-order valence-electron chi connectivity index (χ4n) is 1.94. The van der Waals surface area contributed by atoms with Gasteiger partial charge in [-0.3, -0.25) is 0 Å². The molecule has 0 spiro atoms. The molecule has 0 unspecified atom stereocenters. The quantitative estimate of drug-likeness (QED) is 0.759. The van der Waals surface area contributed by atoms with Crippen LogP contribution in [-0.2, 0) is 0 Å². The smallest absolute Gasteiger partial charge is 0.139 e. The predicted octanol–water partition coefficient (Wildman–Crippen LogP) is 4.81. The Bertz CT molecular complexity index is 334. The maximum absolute atomic E-state index is 6.14. The fourth-order valence-corrected chi connectivity index (χ4v) is 2.46. The number of ether oxygens (including phenoxy) is 1. The monoisotopic (exact) mass is 288 g/mol. The third kappa shape index (κ3) is 2.88. The van der Waals surface area contributed by atoms with Crippen molar-refractivity contribution < 1.29 is 4.74 Å². The van der Waals surface area contributed by atoms with Crippen LogP contribution in [0.4, 0.5) is 0 Å². The minimum absolute atomic E-state index is 0.352. The molecule has 82 valence electrons. The van der Waals surface area contributed by atoms with E-state index in [4.69, 9.17) is 16.3 Å². The lowest BCUT2D eigenvalue weighted by atomic mass is 9.98. The second kappa shape index (κ2) is 5.22. The van der Waals surface area contributed by atoms with Gasteiger partial charge in [0.25, 0.3) is 0 Å². The van der Waals surface area contributed by atoms with Gasteiger partial charge in [-0.2, -0.15) is 0 Å². The molecule has 0 atom stereocenters. The second-order valence-corrected chi connectivity index (χ2v) is 5.16. The lowest BCUT2D eigenvalue weighted by Crippen LogP contribution is -2.19. The van der Waals surface area contributed by atoms with Gasteiger partial charge in [-0.1, -0.05) is 24.1 Å². The molecule has 0 aromatic heterocycles. The lowest BCUT2D eigenvalue weighted by molar-refractivity contribution is 0.155. The summed E-state index contributed by atoms with van der Waals surface area (Å²) >= 11 is 9.54. The number of hydrogen-bond acceptors (Lipinski definition) is 1. The van der Waals surface area contributed by atoms with Crippen LogP contribution in [0.1, 0.15) is 32.1 Å². The molecular formula is C12H14BrClO. The molecule has 15 heavy (non-hydrogen) atoms. The minimum Gasteiger partial charge on any atom is -0.489 e. The molecule has 0 saturated heterocycles. The van der Waals surface area contributed by atoms with Gasteiger partial charge in [-0.05, 0) is 53.7 Å². The molecule has 0 heterocycles. The Balaban J connectivity index is 2.06. The molecule has 0 N–H and O–H groups in total. The third-order valence-corrected chi connectivity index (χ3v) is 4.04. The summed E-state index contributed by atoms with van der Waals surface area (Å²) < 4.78 is 6.81. The predicted molar refractivity (Wildman–Crippen MR) is 66.7 cm³/mol. The van der Waals surface area contributed by atoms with Crippen molar-refractivity contribution in [3.63, 3.8) is 0 Å². The van der Waals surface area contributed by atoms with E-state index in [1.807, 2.05) is 18.2 Å². The Morgan fingerprint density at radius 1 is 1.20 bits per heavy atom. The number of rotatable bonds is 2. The summed E-state index contributed by atoms with van der Waals surface area (Å²) in [6.07, 6.45) is 6.55. The highest BCUT2D eigenvalue weighted by Gasteiger charge is 2.16. The van der Waals surface area contributed by atoms with Gasteiger partial charge in [-0.15, -0.1) is 0 Å². The summed E-state index contributed by atoms with van der Waals surface area (Å²) in [6, 6.07) is 5.81. The molecule has 0 amide bonds. The van der Waals surface area contributed by atoms with Crippen molar-refractivity contribution in [2.45, 2.75) is 38.2 Å².